The fourth-order valence-electron chi connectivity index (χ4n) is 1.71. The number of amides is 2. The van der Waals surface area contributed by atoms with E-state index >= 15 is 0 Å². The molecule has 174 valence electrons. The molecule has 16 heteroatoms. The first-order valence-corrected chi connectivity index (χ1v) is 10.4. The Hall–Kier alpha value is -1.84. The molecule has 0 aromatic rings. The Morgan fingerprint density at radius 2 is 1.03 bits per heavy atom. The zero-order valence-electron chi connectivity index (χ0n) is 15.5. The number of hydrogen-bond donors (Lipinski definition) is 2. The van der Waals surface area contributed by atoms with Gasteiger partial charge in [0, 0.05) is 11.5 Å². The predicted molar refractivity (Wildman–Crippen MR) is 94.2 cm³/mol. The number of esters is 2. The van der Waals surface area contributed by atoms with E-state index in [0.717, 1.165) is 35.8 Å². The second-order valence-electron chi connectivity index (χ2n) is 5.32. The molecule has 0 heterocycles. The average Bonchev–Trinajstić information content (AvgIpc) is 2.65. The molecule has 0 radical (unpaired) electrons. The van der Waals surface area contributed by atoms with Gasteiger partial charge in [-0.15, -0.1) is 0 Å². The molecule has 8 nitrogen and oxygen atoms in total. The summed E-state index contributed by atoms with van der Waals surface area (Å²) >= 11 is 0. The molecule has 0 aliphatic rings. The predicted octanol–water partition coefficient (Wildman–Crippen LogP) is 1.59. The number of halogens is 6. The molecule has 30 heavy (non-hydrogen) atoms. The largest absolute Gasteiger partial charge is 0.471 e. The van der Waals surface area contributed by atoms with E-state index in [1.165, 1.54) is 10.6 Å². The summed E-state index contributed by atoms with van der Waals surface area (Å²) < 4.78 is 82.4. The second-order valence-corrected chi connectivity index (χ2v) is 8.02. The Labute approximate surface area is 174 Å². The topological polar surface area (TPSA) is 111 Å². The van der Waals surface area contributed by atoms with Gasteiger partial charge in [-0.05, 0) is 12.8 Å². The smallest absolute Gasteiger partial charge is 0.467 e. The summed E-state index contributed by atoms with van der Waals surface area (Å²) in [7, 11) is 3.90. The minimum atomic E-state index is -5.18. The zero-order chi connectivity index (χ0) is 23.5. The quantitative estimate of drug-likeness (QED) is 0.195. The van der Waals surface area contributed by atoms with Crippen LogP contribution < -0.4 is 10.6 Å². The number of carbonyl (C=O) groups excluding carboxylic acids is 4. The number of ether oxygens (including phenoxy) is 2. The van der Waals surface area contributed by atoms with Crippen LogP contribution >= 0.6 is 21.6 Å². The summed E-state index contributed by atoms with van der Waals surface area (Å²) in [6, 6.07) is -3.10. The van der Waals surface area contributed by atoms with Gasteiger partial charge in [-0.25, -0.2) is 9.59 Å². The first kappa shape index (κ1) is 28.2. The summed E-state index contributed by atoms with van der Waals surface area (Å²) in [5.74, 6) is -6.67. The molecular weight excluding hydrogens is 470 g/mol. The zero-order valence-corrected chi connectivity index (χ0v) is 17.1. The number of methoxy groups -OCH3 is 2. The lowest BCUT2D eigenvalue weighted by Gasteiger charge is -2.18. The highest BCUT2D eigenvalue weighted by Gasteiger charge is 2.41. The van der Waals surface area contributed by atoms with Crippen LogP contribution in [0.3, 0.4) is 0 Å². The van der Waals surface area contributed by atoms with Crippen LogP contribution in [0.2, 0.25) is 0 Å². The van der Waals surface area contributed by atoms with E-state index in [1.54, 1.807) is 0 Å². The van der Waals surface area contributed by atoms with Crippen LogP contribution in [0.15, 0.2) is 0 Å². The molecule has 0 unspecified atom stereocenters. The van der Waals surface area contributed by atoms with Crippen molar-refractivity contribution >= 4 is 45.3 Å². The standard InChI is InChI=1S/C14H18F6N2O6S2/c1-27-9(23)7(21-11(25)13(15,16)17)3-5-29-30-6-4-8(10(24)28-2)22-12(26)14(18,19)20/h7-8H,3-6H2,1-2H3,(H,21,25)(H,22,26)/t7-,8-/m0/s1. The van der Waals surface area contributed by atoms with Crippen molar-refractivity contribution in [1.29, 1.82) is 0 Å². The molecule has 0 bridgehead atoms. The third-order valence-corrected chi connectivity index (χ3v) is 5.63. The van der Waals surface area contributed by atoms with Crippen molar-refractivity contribution in [2.24, 2.45) is 0 Å². The van der Waals surface area contributed by atoms with Gasteiger partial charge in [0.05, 0.1) is 14.2 Å². The molecule has 0 rings (SSSR count). The van der Waals surface area contributed by atoms with E-state index in [1.807, 2.05) is 0 Å². The number of carbonyl (C=O) groups is 4. The number of hydrogen-bond acceptors (Lipinski definition) is 8. The Kier molecular flexibility index (Phi) is 12.0. The number of rotatable bonds is 11. The van der Waals surface area contributed by atoms with E-state index < -0.39 is 48.2 Å². The molecule has 0 spiro atoms. The van der Waals surface area contributed by atoms with Crippen molar-refractivity contribution in [1.82, 2.24) is 10.6 Å². The summed E-state index contributed by atoms with van der Waals surface area (Å²) in [6.07, 6.45) is -10.8. The molecule has 2 N–H and O–H groups in total. The van der Waals surface area contributed by atoms with Gasteiger partial charge in [0.15, 0.2) is 0 Å². The number of nitrogens with one attached hydrogen (secondary N) is 2. The third-order valence-electron chi connectivity index (χ3n) is 3.16. The van der Waals surface area contributed by atoms with E-state index in [2.05, 4.69) is 9.47 Å². The van der Waals surface area contributed by atoms with Crippen LogP contribution in [0, 0.1) is 0 Å². The Balaban J connectivity index is 4.51. The van der Waals surface area contributed by atoms with Gasteiger partial charge < -0.3 is 20.1 Å². The van der Waals surface area contributed by atoms with E-state index in [9.17, 15) is 45.5 Å². The average molecular weight is 488 g/mol. The van der Waals surface area contributed by atoms with Crippen LogP contribution in [-0.2, 0) is 28.7 Å². The maximum Gasteiger partial charge on any atom is 0.471 e. The van der Waals surface area contributed by atoms with E-state index in [0.29, 0.717) is 0 Å². The molecule has 0 saturated heterocycles. The lowest BCUT2D eigenvalue weighted by Crippen LogP contribution is -2.47. The van der Waals surface area contributed by atoms with Crippen molar-refractivity contribution in [2.75, 3.05) is 25.7 Å². The van der Waals surface area contributed by atoms with E-state index in [-0.39, 0.29) is 24.3 Å². The van der Waals surface area contributed by atoms with Gasteiger partial charge in [0.1, 0.15) is 12.1 Å². The molecule has 0 fully saturated rings. The first-order valence-electron chi connectivity index (χ1n) is 7.89. The Morgan fingerprint density at radius 1 is 0.733 bits per heavy atom. The highest BCUT2D eigenvalue weighted by Crippen LogP contribution is 2.25. The highest BCUT2D eigenvalue weighted by molar-refractivity contribution is 8.76. The third kappa shape index (κ3) is 10.8. The van der Waals surface area contributed by atoms with Crippen LogP contribution in [0.4, 0.5) is 26.3 Å². The lowest BCUT2D eigenvalue weighted by molar-refractivity contribution is -0.175. The lowest BCUT2D eigenvalue weighted by atomic mass is 10.2. The summed E-state index contributed by atoms with van der Waals surface area (Å²) in [4.78, 5) is 44.8. The van der Waals surface area contributed by atoms with Gasteiger partial charge >= 0.3 is 36.1 Å². The van der Waals surface area contributed by atoms with Crippen molar-refractivity contribution in [3.8, 4) is 0 Å². The summed E-state index contributed by atoms with van der Waals surface area (Å²) in [6.45, 7) is 0. The SMILES string of the molecule is COC(=O)[C@H](CCSSCC[C@H](NC(=O)C(F)(F)F)C(=O)OC)NC(=O)C(F)(F)F. The van der Waals surface area contributed by atoms with Gasteiger partial charge in [0.2, 0.25) is 0 Å². The summed E-state index contributed by atoms with van der Waals surface area (Å²) in [5, 5.41) is 3.00. The molecular formula is C14H18F6N2O6S2. The molecule has 0 aliphatic carbocycles. The van der Waals surface area contributed by atoms with Gasteiger partial charge in [0.25, 0.3) is 0 Å². The van der Waals surface area contributed by atoms with Crippen molar-refractivity contribution in [3.05, 3.63) is 0 Å². The monoisotopic (exact) mass is 488 g/mol. The van der Waals surface area contributed by atoms with Crippen molar-refractivity contribution in [2.45, 2.75) is 37.3 Å². The minimum Gasteiger partial charge on any atom is -0.467 e. The molecule has 2 atom stereocenters. The van der Waals surface area contributed by atoms with Gasteiger partial charge in [-0.2, -0.15) is 26.3 Å². The van der Waals surface area contributed by atoms with Crippen LogP contribution in [-0.4, -0.2) is 73.9 Å². The van der Waals surface area contributed by atoms with Gasteiger partial charge in [-0.1, -0.05) is 21.6 Å². The van der Waals surface area contributed by atoms with Gasteiger partial charge in [-0.3, -0.25) is 9.59 Å². The van der Waals surface area contributed by atoms with Crippen molar-refractivity contribution in [3.63, 3.8) is 0 Å². The van der Waals surface area contributed by atoms with Crippen LogP contribution in [0.1, 0.15) is 12.8 Å². The van der Waals surface area contributed by atoms with E-state index in [4.69, 9.17) is 0 Å². The second kappa shape index (κ2) is 12.8. The van der Waals surface area contributed by atoms with Crippen LogP contribution in [0.25, 0.3) is 0 Å². The normalized spacial score (nSPS) is 13.7. The molecule has 0 saturated carbocycles. The van der Waals surface area contributed by atoms with Crippen LogP contribution in [0.5, 0.6) is 0 Å². The molecule has 0 aromatic heterocycles. The molecule has 0 aliphatic heterocycles. The fraction of sp³-hybridized carbons (Fsp3) is 0.714. The molecule has 2 amide bonds. The van der Waals surface area contributed by atoms with Crippen molar-refractivity contribution < 1.29 is 55.0 Å². The first-order chi connectivity index (χ1) is 13.7. The maximum absolute atomic E-state index is 12.3. The fourth-order valence-corrected chi connectivity index (χ4v) is 3.90. The Bertz CT molecular complexity index is 565. The minimum absolute atomic E-state index is 0.0559. The number of alkyl halides is 6. The molecule has 0 aromatic carbocycles. The Morgan fingerprint density at radius 3 is 1.27 bits per heavy atom. The highest BCUT2D eigenvalue weighted by atomic mass is 33.1. The summed E-state index contributed by atoms with van der Waals surface area (Å²) in [5.41, 5.74) is 0. The maximum atomic E-state index is 12.3.